The molecule has 22 heavy (non-hydrogen) atoms. The molecule has 0 radical (unpaired) electrons. The van der Waals surface area contributed by atoms with Crippen LogP contribution in [0.4, 0.5) is 0 Å². The quantitative estimate of drug-likeness (QED) is 0.691. The number of rotatable bonds is 3. The maximum absolute atomic E-state index is 2.66. The molecule has 0 amide bonds. The molecule has 1 aromatic rings. The van der Waals surface area contributed by atoms with Crippen molar-refractivity contribution in [3.05, 3.63) is 41.0 Å². The van der Waals surface area contributed by atoms with Crippen molar-refractivity contribution in [1.82, 2.24) is 4.57 Å². The molecule has 2 heteroatoms. The van der Waals surface area contributed by atoms with Crippen molar-refractivity contribution >= 4 is 15.0 Å². The molecule has 122 valence electrons. The van der Waals surface area contributed by atoms with Gasteiger partial charge in [0.1, 0.15) is 8.96 Å². The summed E-state index contributed by atoms with van der Waals surface area (Å²) in [5.41, 5.74) is 5.92. The first-order chi connectivity index (χ1) is 10.0. The van der Waals surface area contributed by atoms with Crippen LogP contribution >= 0.6 is 0 Å². The van der Waals surface area contributed by atoms with Crippen molar-refractivity contribution in [1.29, 1.82) is 0 Å². The largest absolute Gasteiger partial charge is 0.324 e. The van der Waals surface area contributed by atoms with E-state index in [1.54, 1.807) is 11.1 Å². The zero-order valence-electron chi connectivity index (χ0n) is 15.7. The monoisotopic (exact) mass is 315 g/mol. The zero-order chi connectivity index (χ0) is 16.7. The Morgan fingerprint density at radius 2 is 1.64 bits per heavy atom. The number of nitrogens with zero attached hydrogens (tertiary/aromatic N) is 1. The highest BCUT2D eigenvalue weighted by atomic mass is 28.3. The number of hydrogen-bond acceptors (Lipinski definition) is 1. The molecule has 1 aliphatic carbocycles. The molecule has 2 unspecified atom stereocenters. The van der Waals surface area contributed by atoms with Gasteiger partial charge in [0.25, 0.3) is 0 Å². The minimum atomic E-state index is -1.09. The van der Waals surface area contributed by atoms with E-state index in [1.165, 1.54) is 12.0 Å². The van der Waals surface area contributed by atoms with Crippen molar-refractivity contribution in [2.24, 2.45) is 5.41 Å². The number of allylic oxidation sites excluding steroid dienone is 1. The van der Waals surface area contributed by atoms with E-state index in [-0.39, 0.29) is 5.54 Å². The third-order valence-corrected chi connectivity index (χ3v) is 8.71. The Labute approximate surface area is 139 Å². The highest BCUT2D eigenvalue weighted by Crippen LogP contribution is 2.44. The average Bonchev–Trinajstić information content (AvgIpc) is 2.71. The van der Waals surface area contributed by atoms with Gasteiger partial charge in [0.2, 0.25) is 0 Å². The van der Waals surface area contributed by atoms with E-state index >= 15 is 0 Å². The smallest absolute Gasteiger partial charge is 0.120 e. The van der Waals surface area contributed by atoms with Crippen LogP contribution < -0.4 is 0 Å². The summed E-state index contributed by atoms with van der Waals surface area (Å²) in [6, 6.07) is 9.02. The molecule has 0 spiro atoms. The van der Waals surface area contributed by atoms with Gasteiger partial charge in [-0.15, -0.1) is 0 Å². The molecular weight excluding hydrogens is 282 g/mol. The van der Waals surface area contributed by atoms with E-state index in [0.29, 0.717) is 11.0 Å². The summed E-state index contributed by atoms with van der Waals surface area (Å²) in [6.45, 7) is 16.6. The molecule has 0 saturated heterocycles. The molecule has 2 atom stereocenters. The highest BCUT2D eigenvalue weighted by molar-refractivity contribution is 6.57. The lowest BCUT2D eigenvalue weighted by Crippen LogP contribution is -2.50. The van der Waals surface area contributed by atoms with Crippen LogP contribution in [0.3, 0.4) is 0 Å². The topological polar surface area (TPSA) is 3.24 Å². The second-order valence-electron chi connectivity index (χ2n) is 9.09. The fourth-order valence-corrected chi connectivity index (χ4v) is 6.92. The number of hydrogen-bond donors (Lipinski definition) is 0. The molecule has 0 N–H and O–H groups in total. The molecule has 0 fully saturated rings. The van der Waals surface area contributed by atoms with Crippen molar-refractivity contribution < 1.29 is 0 Å². The third-order valence-electron chi connectivity index (χ3n) is 4.96. The van der Waals surface area contributed by atoms with Crippen LogP contribution in [0.5, 0.6) is 0 Å². The van der Waals surface area contributed by atoms with E-state index in [4.69, 9.17) is 0 Å². The van der Waals surface area contributed by atoms with Gasteiger partial charge < -0.3 is 4.57 Å². The van der Waals surface area contributed by atoms with Crippen molar-refractivity contribution in [3.63, 3.8) is 0 Å². The second kappa shape index (κ2) is 5.97. The lowest BCUT2D eigenvalue weighted by Gasteiger charge is -2.40. The third kappa shape index (κ3) is 3.72. The van der Waals surface area contributed by atoms with Gasteiger partial charge in [-0.2, -0.15) is 0 Å². The van der Waals surface area contributed by atoms with E-state index in [2.05, 4.69) is 90.0 Å². The van der Waals surface area contributed by atoms with Gasteiger partial charge in [0, 0.05) is 11.1 Å². The summed E-state index contributed by atoms with van der Waals surface area (Å²) >= 11 is 0. The first kappa shape index (κ1) is 17.5. The zero-order valence-corrected chi connectivity index (χ0v) is 16.9. The summed E-state index contributed by atoms with van der Waals surface area (Å²) in [5.74, 6) is 0. The maximum Gasteiger partial charge on any atom is 0.120 e. The standard InChI is InChI=1S/C20H33NSi/c1-19(2,3)14-16-13-15-11-9-10-12-17(15)18(16)22(8)21(7)20(4,5)6/h9-13,18,22H,14H2,1-8H3. The van der Waals surface area contributed by atoms with E-state index < -0.39 is 8.96 Å². The minimum Gasteiger partial charge on any atom is -0.324 e. The molecule has 0 bridgehead atoms. The van der Waals surface area contributed by atoms with Gasteiger partial charge in [0.05, 0.1) is 0 Å². The Morgan fingerprint density at radius 3 is 2.18 bits per heavy atom. The lowest BCUT2D eigenvalue weighted by atomic mass is 9.87. The van der Waals surface area contributed by atoms with Crippen LogP contribution in [0.2, 0.25) is 6.55 Å². The van der Waals surface area contributed by atoms with Crippen LogP contribution in [0.1, 0.15) is 64.6 Å². The average molecular weight is 316 g/mol. The molecular formula is C20H33NSi. The van der Waals surface area contributed by atoms with Crippen molar-refractivity contribution in [2.75, 3.05) is 7.05 Å². The molecule has 2 rings (SSSR count). The van der Waals surface area contributed by atoms with Gasteiger partial charge in [0.15, 0.2) is 0 Å². The van der Waals surface area contributed by atoms with Gasteiger partial charge in [-0.3, -0.25) is 0 Å². The molecule has 1 aliphatic rings. The molecule has 0 heterocycles. The van der Waals surface area contributed by atoms with Gasteiger partial charge in [-0.25, -0.2) is 0 Å². The van der Waals surface area contributed by atoms with Gasteiger partial charge >= 0.3 is 0 Å². The minimum absolute atomic E-state index is 0.246. The van der Waals surface area contributed by atoms with Crippen LogP contribution in [0.25, 0.3) is 6.08 Å². The summed E-state index contributed by atoms with van der Waals surface area (Å²) in [4.78, 5) is 0. The first-order valence-corrected chi connectivity index (χ1v) is 10.9. The van der Waals surface area contributed by atoms with E-state index in [1.807, 2.05) is 0 Å². The Balaban J connectivity index is 2.39. The van der Waals surface area contributed by atoms with Gasteiger partial charge in [-0.05, 0) is 50.8 Å². The normalized spacial score (nSPS) is 20.0. The van der Waals surface area contributed by atoms with Crippen LogP contribution in [-0.2, 0) is 0 Å². The van der Waals surface area contributed by atoms with Crippen LogP contribution in [0, 0.1) is 5.41 Å². The Kier molecular flexibility index (Phi) is 4.75. The summed E-state index contributed by atoms with van der Waals surface area (Å²) < 4.78 is 2.66. The Hall–Kier alpha value is -0.863. The summed E-state index contributed by atoms with van der Waals surface area (Å²) in [6.07, 6.45) is 3.67. The fourth-order valence-electron chi connectivity index (χ4n) is 3.59. The van der Waals surface area contributed by atoms with E-state index in [0.717, 1.165) is 0 Å². The van der Waals surface area contributed by atoms with Crippen molar-refractivity contribution in [2.45, 2.75) is 65.6 Å². The van der Waals surface area contributed by atoms with Crippen LogP contribution in [-0.4, -0.2) is 26.1 Å². The molecule has 1 nitrogen and oxygen atoms in total. The molecule has 0 aromatic heterocycles. The molecule has 0 saturated carbocycles. The molecule has 1 aromatic carbocycles. The number of fused-ring (bicyclic) bond motifs is 1. The Morgan fingerprint density at radius 1 is 1.05 bits per heavy atom. The SMILES string of the molecule is CN([SiH](C)C1C(CC(C)(C)C)=Cc2ccccc21)C(C)(C)C. The number of benzene rings is 1. The van der Waals surface area contributed by atoms with Gasteiger partial charge in [-0.1, -0.05) is 63.2 Å². The summed E-state index contributed by atoms with van der Waals surface area (Å²) in [7, 11) is 1.23. The van der Waals surface area contributed by atoms with Crippen LogP contribution in [0.15, 0.2) is 29.8 Å². The maximum atomic E-state index is 2.66. The Bertz CT molecular complexity index is 560. The second-order valence-corrected chi connectivity index (χ2v) is 12.0. The predicted molar refractivity (Wildman–Crippen MR) is 102 cm³/mol. The fraction of sp³-hybridized carbons (Fsp3) is 0.600. The molecule has 0 aliphatic heterocycles. The summed E-state index contributed by atoms with van der Waals surface area (Å²) in [5, 5.41) is 0. The predicted octanol–water partition coefficient (Wildman–Crippen LogP) is 5.23. The van der Waals surface area contributed by atoms with E-state index in [9.17, 15) is 0 Å². The first-order valence-electron chi connectivity index (χ1n) is 8.53. The lowest BCUT2D eigenvalue weighted by molar-refractivity contribution is 0.289. The highest BCUT2D eigenvalue weighted by Gasteiger charge is 2.37. The van der Waals surface area contributed by atoms with Crippen molar-refractivity contribution in [3.8, 4) is 0 Å².